The zero-order valence-corrected chi connectivity index (χ0v) is 15.2. The summed E-state index contributed by atoms with van der Waals surface area (Å²) in [5.41, 5.74) is 1.88. The second kappa shape index (κ2) is 7.60. The van der Waals surface area contributed by atoms with E-state index in [1.807, 2.05) is 55.5 Å². The van der Waals surface area contributed by atoms with Gasteiger partial charge in [0.25, 0.3) is 0 Å². The Kier molecular flexibility index (Phi) is 5.26. The van der Waals surface area contributed by atoms with Gasteiger partial charge < -0.3 is 15.4 Å². The fraction of sp³-hybridized carbons (Fsp3) is 0.333. The summed E-state index contributed by atoms with van der Waals surface area (Å²) in [6, 6.07) is 15.2. The molecule has 2 aromatic rings. The SMILES string of the molecule is CCc1ccccc1NC(=O)C1(C(=O)NCc2ccc(OC)cc2)CC1. The predicted molar refractivity (Wildman–Crippen MR) is 101 cm³/mol. The van der Waals surface area contributed by atoms with Crippen molar-refractivity contribution in [3.05, 3.63) is 59.7 Å². The molecule has 1 saturated carbocycles. The molecule has 0 bridgehead atoms. The molecule has 26 heavy (non-hydrogen) atoms. The third-order valence-corrected chi connectivity index (χ3v) is 4.88. The summed E-state index contributed by atoms with van der Waals surface area (Å²) in [7, 11) is 1.61. The van der Waals surface area contributed by atoms with Gasteiger partial charge in [-0.3, -0.25) is 9.59 Å². The number of ether oxygens (including phenoxy) is 1. The Morgan fingerprint density at radius 3 is 2.35 bits per heavy atom. The van der Waals surface area contributed by atoms with E-state index in [1.54, 1.807) is 7.11 Å². The molecule has 0 aromatic heterocycles. The van der Waals surface area contributed by atoms with E-state index in [0.29, 0.717) is 19.4 Å². The van der Waals surface area contributed by atoms with E-state index in [9.17, 15) is 9.59 Å². The van der Waals surface area contributed by atoms with Gasteiger partial charge >= 0.3 is 0 Å². The van der Waals surface area contributed by atoms with Gasteiger partial charge in [0.15, 0.2) is 0 Å². The van der Waals surface area contributed by atoms with Gasteiger partial charge in [-0.05, 0) is 48.6 Å². The van der Waals surface area contributed by atoms with E-state index in [1.165, 1.54) is 0 Å². The van der Waals surface area contributed by atoms with Crippen LogP contribution in [0.5, 0.6) is 5.75 Å². The number of carbonyl (C=O) groups excluding carboxylic acids is 2. The van der Waals surface area contributed by atoms with Crippen molar-refractivity contribution in [2.75, 3.05) is 12.4 Å². The fourth-order valence-electron chi connectivity index (χ4n) is 2.97. The molecule has 3 rings (SSSR count). The number of anilines is 1. The number of carbonyl (C=O) groups is 2. The van der Waals surface area contributed by atoms with Gasteiger partial charge in [0.2, 0.25) is 11.8 Å². The molecule has 5 heteroatoms. The third-order valence-electron chi connectivity index (χ3n) is 4.88. The van der Waals surface area contributed by atoms with Crippen molar-refractivity contribution in [3.8, 4) is 5.75 Å². The second-order valence-corrected chi connectivity index (χ2v) is 6.58. The van der Waals surface area contributed by atoms with Crippen LogP contribution in [0.4, 0.5) is 5.69 Å². The van der Waals surface area contributed by atoms with Crippen LogP contribution in [0.15, 0.2) is 48.5 Å². The number of methoxy groups -OCH3 is 1. The highest BCUT2D eigenvalue weighted by atomic mass is 16.5. The molecule has 0 spiro atoms. The molecule has 0 unspecified atom stereocenters. The summed E-state index contributed by atoms with van der Waals surface area (Å²) in [6.07, 6.45) is 2.00. The fourth-order valence-corrected chi connectivity index (χ4v) is 2.97. The predicted octanol–water partition coefficient (Wildman–Crippen LogP) is 3.29. The van der Waals surface area contributed by atoms with Crippen LogP contribution in [0.25, 0.3) is 0 Å². The van der Waals surface area contributed by atoms with E-state index >= 15 is 0 Å². The van der Waals surface area contributed by atoms with Crippen molar-refractivity contribution in [1.29, 1.82) is 0 Å². The minimum Gasteiger partial charge on any atom is -0.497 e. The maximum Gasteiger partial charge on any atom is 0.240 e. The van der Waals surface area contributed by atoms with Crippen LogP contribution in [0.1, 0.15) is 30.9 Å². The average Bonchev–Trinajstić information content (AvgIpc) is 3.49. The maximum atomic E-state index is 12.7. The van der Waals surface area contributed by atoms with Gasteiger partial charge in [-0.1, -0.05) is 37.3 Å². The zero-order valence-electron chi connectivity index (χ0n) is 15.2. The Morgan fingerprint density at radius 1 is 1.04 bits per heavy atom. The Hall–Kier alpha value is -2.82. The summed E-state index contributed by atoms with van der Waals surface area (Å²) in [5.74, 6) is 0.345. The van der Waals surface area contributed by atoms with Gasteiger partial charge in [0.1, 0.15) is 11.2 Å². The summed E-state index contributed by atoms with van der Waals surface area (Å²) in [4.78, 5) is 25.3. The molecule has 0 atom stereocenters. The molecule has 1 aliphatic rings. The lowest BCUT2D eigenvalue weighted by molar-refractivity contribution is -0.134. The molecular weight excluding hydrogens is 328 g/mol. The maximum absolute atomic E-state index is 12.7. The number of para-hydroxylation sites is 1. The van der Waals surface area contributed by atoms with Crippen LogP contribution in [0, 0.1) is 5.41 Å². The van der Waals surface area contributed by atoms with Crippen molar-refractivity contribution in [2.45, 2.75) is 32.7 Å². The quantitative estimate of drug-likeness (QED) is 0.752. The molecule has 1 fully saturated rings. The molecule has 136 valence electrons. The van der Waals surface area contributed by atoms with Crippen LogP contribution in [-0.4, -0.2) is 18.9 Å². The third kappa shape index (κ3) is 3.72. The van der Waals surface area contributed by atoms with Crippen LogP contribution in [0.3, 0.4) is 0 Å². The highest BCUT2D eigenvalue weighted by molar-refractivity contribution is 6.13. The summed E-state index contributed by atoms with van der Waals surface area (Å²) >= 11 is 0. The molecule has 2 N–H and O–H groups in total. The van der Waals surface area contributed by atoms with E-state index in [4.69, 9.17) is 4.74 Å². The van der Waals surface area contributed by atoms with Crippen molar-refractivity contribution in [3.63, 3.8) is 0 Å². The standard InChI is InChI=1S/C21H24N2O3/c1-3-16-6-4-5-7-18(16)23-20(25)21(12-13-21)19(24)22-14-15-8-10-17(26-2)11-9-15/h4-11H,3,12-14H2,1-2H3,(H,22,24)(H,23,25). The number of amides is 2. The van der Waals surface area contributed by atoms with Crippen molar-refractivity contribution in [2.24, 2.45) is 5.41 Å². The molecule has 0 aliphatic heterocycles. The first-order chi connectivity index (χ1) is 12.6. The first-order valence-corrected chi connectivity index (χ1v) is 8.89. The van der Waals surface area contributed by atoms with E-state index in [0.717, 1.165) is 29.0 Å². The molecule has 2 amide bonds. The molecular formula is C21H24N2O3. The van der Waals surface area contributed by atoms with Gasteiger partial charge in [-0.15, -0.1) is 0 Å². The Labute approximate surface area is 153 Å². The topological polar surface area (TPSA) is 67.4 Å². The first kappa shape index (κ1) is 18.0. The minimum absolute atomic E-state index is 0.209. The van der Waals surface area contributed by atoms with Crippen LogP contribution in [-0.2, 0) is 22.6 Å². The smallest absolute Gasteiger partial charge is 0.240 e. The second-order valence-electron chi connectivity index (χ2n) is 6.58. The highest BCUT2D eigenvalue weighted by Gasteiger charge is 2.56. The van der Waals surface area contributed by atoms with Crippen molar-refractivity contribution >= 4 is 17.5 Å². The number of aryl methyl sites for hydroxylation is 1. The van der Waals surface area contributed by atoms with Gasteiger partial charge in [0.05, 0.1) is 7.11 Å². The van der Waals surface area contributed by atoms with E-state index in [2.05, 4.69) is 10.6 Å². The summed E-state index contributed by atoms with van der Waals surface area (Å²) in [5, 5.41) is 5.84. The zero-order chi connectivity index (χ0) is 18.6. The number of benzene rings is 2. The summed E-state index contributed by atoms with van der Waals surface area (Å²) < 4.78 is 5.13. The minimum atomic E-state index is -0.937. The number of hydrogen-bond acceptors (Lipinski definition) is 3. The van der Waals surface area contributed by atoms with Gasteiger partial charge in [-0.25, -0.2) is 0 Å². The lowest BCUT2D eigenvalue weighted by Gasteiger charge is -2.17. The van der Waals surface area contributed by atoms with Crippen LogP contribution < -0.4 is 15.4 Å². The molecule has 0 heterocycles. The van der Waals surface area contributed by atoms with Crippen molar-refractivity contribution < 1.29 is 14.3 Å². The van der Waals surface area contributed by atoms with E-state index < -0.39 is 5.41 Å². The number of rotatable bonds is 7. The lowest BCUT2D eigenvalue weighted by atomic mass is 10.0. The molecule has 2 aromatic carbocycles. The Morgan fingerprint density at radius 2 is 1.73 bits per heavy atom. The largest absolute Gasteiger partial charge is 0.497 e. The highest BCUT2D eigenvalue weighted by Crippen LogP contribution is 2.47. The monoisotopic (exact) mass is 352 g/mol. The first-order valence-electron chi connectivity index (χ1n) is 8.89. The average molecular weight is 352 g/mol. The normalized spacial score (nSPS) is 14.4. The Balaban J connectivity index is 1.61. The van der Waals surface area contributed by atoms with Crippen LogP contribution in [0.2, 0.25) is 0 Å². The molecule has 0 saturated heterocycles. The molecule has 0 radical (unpaired) electrons. The molecule has 1 aliphatic carbocycles. The van der Waals surface area contributed by atoms with Gasteiger partial charge in [0, 0.05) is 12.2 Å². The number of hydrogen-bond donors (Lipinski definition) is 2. The van der Waals surface area contributed by atoms with Gasteiger partial charge in [-0.2, -0.15) is 0 Å². The van der Waals surface area contributed by atoms with Crippen LogP contribution >= 0.6 is 0 Å². The Bertz CT molecular complexity index is 795. The number of nitrogens with one attached hydrogen (secondary N) is 2. The summed E-state index contributed by atoms with van der Waals surface area (Å²) in [6.45, 7) is 2.43. The van der Waals surface area contributed by atoms with E-state index in [-0.39, 0.29) is 11.8 Å². The van der Waals surface area contributed by atoms with Crippen molar-refractivity contribution in [1.82, 2.24) is 5.32 Å². The molecule has 5 nitrogen and oxygen atoms in total. The lowest BCUT2D eigenvalue weighted by Crippen LogP contribution is -2.39.